The van der Waals surface area contributed by atoms with Crippen molar-refractivity contribution in [3.63, 3.8) is 0 Å². The molecule has 0 aliphatic carbocycles. The molecule has 174 valence electrons. The number of rotatable bonds is 6. The average molecular weight is 468 g/mol. The Morgan fingerprint density at radius 2 is 1.76 bits per heavy atom. The highest BCUT2D eigenvalue weighted by Gasteiger charge is 2.30. The molecule has 4 rings (SSSR count). The maximum atomic E-state index is 12.9. The van der Waals surface area contributed by atoms with E-state index in [9.17, 15) is 22.8 Å². The summed E-state index contributed by atoms with van der Waals surface area (Å²) in [5.41, 5.74) is 6.11. The van der Waals surface area contributed by atoms with Gasteiger partial charge < -0.3 is 21.4 Å². The fourth-order valence-corrected chi connectivity index (χ4v) is 3.19. The minimum absolute atomic E-state index is 0.0572. The summed E-state index contributed by atoms with van der Waals surface area (Å²) in [6, 6.07) is 11.9. The SMILES string of the molecule is C[C@H](Nc1cc(C(=O)Nc2ccc(C(F)(F)F)cc2)nc(-c2ccc3[nH]ccc3c2)n1)C(N)=O. The first-order valence-corrected chi connectivity index (χ1v) is 10.1. The number of primary amides is 1. The van der Waals surface area contributed by atoms with E-state index in [1.165, 1.54) is 13.0 Å². The molecule has 0 radical (unpaired) electrons. The van der Waals surface area contributed by atoms with E-state index < -0.39 is 29.6 Å². The van der Waals surface area contributed by atoms with Crippen LogP contribution >= 0.6 is 0 Å². The Hall–Kier alpha value is -4.41. The number of fused-ring (bicyclic) bond motifs is 1. The molecule has 0 aliphatic rings. The van der Waals surface area contributed by atoms with E-state index in [4.69, 9.17) is 5.73 Å². The molecule has 2 aromatic carbocycles. The summed E-state index contributed by atoms with van der Waals surface area (Å²) in [6.07, 6.45) is -2.70. The summed E-state index contributed by atoms with van der Waals surface area (Å²) >= 11 is 0. The van der Waals surface area contributed by atoms with Gasteiger partial charge in [0, 0.05) is 34.4 Å². The number of halogens is 3. The molecule has 8 nitrogen and oxygen atoms in total. The van der Waals surface area contributed by atoms with Crippen LogP contribution in [0.2, 0.25) is 0 Å². The second kappa shape index (κ2) is 8.85. The average Bonchev–Trinajstić information content (AvgIpc) is 3.26. The van der Waals surface area contributed by atoms with Crippen molar-refractivity contribution in [2.45, 2.75) is 19.1 Å². The van der Waals surface area contributed by atoms with Crippen molar-refractivity contribution in [3.8, 4) is 11.4 Å². The molecule has 2 amide bonds. The fourth-order valence-electron chi connectivity index (χ4n) is 3.19. The third-order valence-corrected chi connectivity index (χ3v) is 5.03. The number of nitrogens with zero attached hydrogens (tertiary/aromatic N) is 2. The Morgan fingerprint density at radius 1 is 1.03 bits per heavy atom. The van der Waals surface area contributed by atoms with Crippen molar-refractivity contribution in [2.24, 2.45) is 5.73 Å². The van der Waals surface area contributed by atoms with E-state index in [2.05, 4.69) is 25.6 Å². The molecule has 2 aromatic heterocycles. The van der Waals surface area contributed by atoms with E-state index >= 15 is 0 Å². The van der Waals surface area contributed by atoms with Crippen LogP contribution in [0, 0.1) is 0 Å². The van der Waals surface area contributed by atoms with Crippen molar-refractivity contribution < 1.29 is 22.8 Å². The first kappa shape index (κ1) is 22.8. The normalized spacial score (nSPS) is 12.4. The number of carbonyl (C=O) groups is 2. The first-order chi connectivity index (χ1) is 16.1. The van der Waals surface area contributed by atoms with Crippen LogP contribution in [0.15, 0.2) is 60.8 Å². The lowest BCUT2D eigenvalue weighted by molar-refractivity contribution is -0.137. The molecule has 0 saturated heterocycles. The largest absolute Gasteiger partial charge is 0.416 e. The van der Waals surface area contributed by atoms with Crippen molar-refractivity contribution in [1.82, 2.24) is 15.0 Å². The number of aromatic amines is 1. The number of alkyl halides is 3. The van der Waals surface area contributed by atoms with Gasteiger partial charge in [0.2, 0.25) is 5.91 Å². The molecule has 1 atom stereocenters. The minimum Gasteiger partial charge on any atom is -0.368 e. The van der Waals surface area contributed by atoms with E-state index in [0.717, 1.165) is 35.2 Å². The standard InChI is InChI=1S/C23H19F3N6O2/c1-12(20(27)33)29-19-11-18(22(34)30-16-5-3-15(4-6-16)23(24,25)26)31-21(32-19)14-2-7-17-13(10-14)8-9-28-17/h2-12,28H,1H3,(H2,27,33)(H,30,34)(H,29,31,32)/t12-/m0/s1. The van der Waals surface area contributed by atoms with Gasteiger partial charge in [0.25, 0.3) is 5.91 Å². The Morgan fingerprint density at radius 3 is 2.44 bits per heavy atom. The Bertz CT molecular complexity index is 1370. The highest BCUT2D eigenvalue weighted by Crippen LogP contribution is 2.30. The number of hydrogen-bond acceptors (Lipinski definition) is 5. The Balaban J connectivity index is 1.67. The van der Waals surface area contributed by atoms with E-state index in [-0.39, 0.29) is 23.0 Å². The fraction of sp³-hybridized carbons (Fsp3) is 0.130. The zero-order valence-electron chi connectivity index (χ0n) is 17.8. The van der Waals surface area contributed by atoms with Crippen molar-refractivity contribution in [2.75, 3.05) is 10.6 Å². The molecule has 0 saturated carbocycles. The molecule has 0 fully saturated rings. The number of aromatic nitrogens is 3. The van der Waals surface area contributed by atoms with Crippen LogP contribution in [-0.2, 0) is 11.0 Å². The lowest BCUT2D eigenvalue weighted by Crippen LogP contribution is -2.33. The van der Waals surface area contributed by atoms with E-state index in [0.29, 0.717) is 5.56 Å². The second-order valence-corrected chi connectivity index (χ2v) is 7.54. The molecule has 5 N–H and O–H groups in total. The molecule has 0 aliphatic heterocycles. The lowest BCUT2D eigenvalue weighted by Gasteiger charge is -2.14. The number of benzene rings is 2. The summed E-state index contributed by atoms with van der Waals surface area (Å²) in [4.78, 5) is 36.2. The number of amides is 2. The summed E-state index contributed by atoms with van der Waals surface area (Å²) < 4.78 is 38.4. The van der Waals surface area contributed by atoms with Gasteiger partial charge in [-0.05, 0) is 55.5 Å². The molecule has 2 heterocycles. The zero-order valence-corrected chi connectivity index (χ0v) is 17.8. The number of carbonyl (C=O) groups excluding carboxylic acids is 2. The van der Waals surface area contributed by atoms with Gasteiger partial charge in [-0.3, -0.25) is 9.59 Å². The third-order valence-electron chi connectivity index (χ3n) is 5.03. The molecule has 0 bridgehead atoms. The Labute approximate surface area is 191 Å². The number of hydrogen-bond donors (Lipinski definition) is 4. The number of H-pyrrole nitrogens is 1. The molecule has 0 spiro atoms. The quantitative estimate of drug-likeness (QED) is 0.338. The highest BCUT2D eigenvalue weighted by atomic mass is 19.4. The van der Waals surface area contributed by atoms with Crippen molar-refractivity contribution in [1.29, 1.82) is 0 Å². The third kappa shape index (κ3) is 4.98. The molecular formula is C23H19F3N6O2. The lowest BCUT2D eigenvalue weighted by atomic mass is 10.1. The Kier molecular flexibility index (Phi) is 5.93. The van der Waals surface area contributed by atoms with Crippen LogP contribution in [0.5, 0.6) is 0 Å². The van der Waals surface area contributed by atoms with Crippen LogP contribution in [-0.4, -0.2) is 32.8 Å². The van der Waals surface area contributed by atoms with Crippen LogP contribution in [0.4, 0.5) is 24.7 Å². The van der Waals surface area contributed by atoms with Crippen LogP contribution in [0.1, 0.15) is 23.0 Å². The summed E-state index contributed by atoms with van der Waals surface area (Å²) in [6.45, 7) is 1.54. The molecular weight excluding hydrogens is 449 g/mol. The van der Waals surface area contributed by atoms with E-state index in [1.54, 1.807) is 12.3 Å². The summed E-state index contributed by atoms with van der Waals surface area (Å²) in [7, 11) is 0. The van der Waals surface area contributed by atoms with Gasteiger partial charge in [-0.2, -0.15) is 13.2 Å². The maximum absolute atomic E-state index is 12.9. The number of nitrogens with one attached hydrogen (secondary N) is 3. The van der Waals surface area contributed by atoms with Gasteiger partial charge in [0.05, 0.1) is 5.56 Å². The van der Waals surface area contributed by atoms with Crippen LogP contribution in [0.25, 0.3) is 22.3 Å². The molecule has 0 unspecified atom stereocenters. The maximum Gasteiger partial charge on any atom is 0.416 e. The summed E-state index contributed by atoms with van der Waals surface area (Å²) in [5, 5.41) is 6.26. The van der Waals surface area contributed by atoms with Gasteiger partial charge in [-0.15, -0.1) is 0 Å². The molecule has 4 aromatic rings. The first-order valence-electron chi connectivity index (χ1n) is 10.1. The van der Waals surface area contributed by atoms with Crippen LogP contribution < -0.4 is 16.4 Å². The highest BCUT2D eigenvalue weighted by molar-refractivity contribution is 6.03. The smallest absolute Gasteiger partial charge is 0.368 e. The predicted molar refractivity (Wildman–Crippen MR) is 121 cm³/mol. The second-order valence-electron chi connectivity index (χ2n) is 7.54. The van der Waals surface area contributed by atoms with Gasteiger partial charge in [0.1, 0.15) is 17.6 Å². The minimum atomic E-state index is -4.48. The monoisotopic (exact) mass is 468 g/mol. The van der Waals surface area contributed by atoms with Crippen molar-refractivity contribution >= 4 is 34.2 Å². The van der Waals surface area contributed by atoms with Gasteiger partial charge in [-0.25, -0.2) is 9.97 Å². The van der Waals surface area contributed by atoms with Crippen LogP contribution in [0.3, 0.4) is 0 Å². The van der Waals surface area contributed by atoms with Gasteiger partial charge >= 0.3 is 6.18 Å². The van der Waals surface area contributed by atoms with Gasteiger partial charge in [-0.1, -0.05) is 0 Å². The molecule has 34 heavy (non-hydrogen) atoms. The number of nitrogens with two attached hydrogens (primary N) is 1. The predicted octanol–water partition coefficient (Wildman–Crippen LogP) is 4.18. The number of anilines is 2. The van der Waals surface area contributed by atoms with Crippen molar-refractivity contribution in [3.05, 3.63) is 72.1 Å². The summed E-state index contributed by atoms with van der Waals surface area (Å²) in [5.74, 6) is -0.893. The van der Waals surface area contributed by atoms with E-state index in [1.807, 2.05) is 18.2 Å². The zero-order chi connectivity index (χ0) is 24.5. The van der Waals surface area contributed by atoms with Gasteiger partial charge in [0.15, 0.2) is 5.82 Å². The topological polar surface area (TPSA) is 126 Å². The molecule has 11 heteroatoms.